The molecule has 26 heavy (non-hydrogen) atoms. The molecule has 0 radical (unpaired) electrons. The minimum absolute atomic E-state index is 0.290. The predicted molar refractivity (Wildman–Crippen MR) is 102 cm³/mol. The molecule has 6 heteroatoms. The fraction of sp³-hybridized carbons (Fsp3) is 0.250. The number of rotatable bonds is 3. The first-order valence-electron chi connectivity index (χ1n) is 8.06. The lowest BCUT2D eigenvalue weighted by Crippen LogP contribution is -2.23. The Morgan fingerprint density at radius 2 is 2.08 bits per heavy atom. The molecular formula is C20H18N4OS. The number of nitrogens with zero attached hydrogens (tertiary/aromatic N) is 3. The number of nitrogens with one attached hydrogen (secondary N) is 1. The number of benzene rings is 1. The number of dihydropyridines is 1. The number of aryl methyl sites for hydroxylation is 1. The molecule has 1 aliphatic heterocycles. The van der Waals surface area contributed by atoms with Crippen molar-refractivity contribution in [3.8, 4) is 11.8 Å². The van der Waals surface area contributed by atoms with Crippen LogP contribution in [-0.4, -0.2) is 12.1 Å². The zero-order valence-corrected chi connectivity index (χ0v) is 15.9. The highest BCUT2D eigenvalue weighted by Gasteiger charge is 2.34. The van der Waals surface area contributed by atoms with Gasteiger partial charge in [-0.2, -0.15) is 5.26 Å². The molecule has 1 aliphatic rings. The molecular weight excluding hydrogens is 344 g/mol. The van der Waals surface area contributed by atoms with E-state index in [9.17, 15) is 5.26 Å². The van der Waals surface area contributed by atoms with E-state index in [0.29, 0.717) is 17.0 Å². The highest BCUT2D eigenvalue weighted by atomic mass is 32.1. The summed E-state index contributed by atoms with van der Waals surface area (Å²) in [6.45, 7) is 13.6. The maximum absolute atomic E-state index is 9.18. The van der Waals surface area contributed by atoms with Gasteiger partial charge in [-0.15, -0.1) is 11.3 Å². The van der Waals surface area contributed by atoms with Crippen LogP contribution in [-0.2, 0) is 0 Å². The summed E-state index contributed by atoms with van der Waals surface area (Å²) in [5.41, 5.74) is 5.72. The zero-order valence-electron chi connectivity index (χ0n) is 15.0. The van der Waals surface area contributed by atoms with Crippen molar-refractivity contribution in [3.05, 3.63) is 73.9 Å². The SMILES string of the molecule is [C-]#[N+]C1=C(C)NC(C)=C(c2nc(C)cs2)C1c1ccc(C#N)cc1OC. The smallest absolute Gasteiger partial charge is 0.195 e. The van der Waals surface area contributed by atoms with Gasteiger partial charge in [0, 0.05) is 28.0 Å². The molecule has 2 aromatic rings. The molecule has 0 amide bonds. The van der Waals surface area contributed by atoms with Crippen LogP contribution in [0.15, 0.2) is 40.7 Å². The Hall–Kier alpha value is -3.09. The van der Waals surface area contributed by atoms with Crippen LogP contribution < -0.4 is 10.1 Å². The maximum Gasteiger partial charge on any atom is 0.195 e. The molecule has 130 valence electrons. The number of thiazole rings is 1. The summed E-state index contributed by atoms with van der Waals surface area (Å²) in [5.74, 6) is 0.311. The third kappa shape index (κ3) is 2.96. The van der Waals surface area contributed by atoms with Gasteiger partial charge in [-0.3, -0.25) is 0 Å². The largest absolute Gasteiger partial charge is 0.496 e. The highest BCUT2D eigenvalue weighted by Crippen LogP contribution is 2.47. The van der Waals surface area contributed by atoms with Gasteiger partial charge in [0.05, 0.1) is 31.2 Å². The Labute approximate surface area is 157 Å². The molecule has 1 atom stereocenters. The summed E-state index contributed by atoms with van der Waals surface area (Å²) in [5, 5.41) is 15.4. The van der Waals surface area contributed by atoms with Crippen molar-refractivity contribution in [2.75, 3.05) is 7.11 Å². The third-order valence-electron chi connectivity index (χ3n) is 4.37. The summed E-state index contributed by atoms with van der Waals surface area (Å²) in [4.78, 5) is 8.46. The van der Waals surface area contributed by atoms with Crippen LogP contribution in [0.2, 0.25) is 0 Å². The summed E-state index contributed by atoms with van der Waals surface area (Å²) in [6.07, 6.45) is 0. The average Bonchev–Trinajstić information content (AvgIpc) is 3.06. The number of ether oxygens (including phenoxy) is 1. The van der Waals surface area contributed by atoms with E-state index in [1.165, 1.54) is 0 Å². The zero-order chi connectivity index (χ0) is 18.8. The van der Waals surface area contributed by atoms with E-state index in [1.807, 2.05) is 32.2 Å². The quantitative estimate of drug-likeness (QED) is 0.811. The van der Waals surface area contributed by atoms with Crippen molar-refractivity contribution in [1.29, 1.82) is 5.26 Å². The average molecular weight is 362 g/mol. The molecule has 0 saturated carbocycles. The van der Waals surface area contributed by atoms with Gasteiger partial charge in [0.15, 0.2) is 5.70 Å². The van der Waals surface area contributed by atoms with Crippen molar-refractivity contribution in [2.45, 2.75) is 26.7 Å². The van der Waals surface area contributed by atoms with Crippen LogP contribution in [0.4, 0.5) is 0 Å². The van der Waals surface area contributed by atoms with E-state index in [2.05, 4.69) is 21.2 Å². The minimum Gasteiger partial charge on any atom is -0.496 e. The molecule has 0 aliphatic carbocycles. The van der Waals surface area contributed by atoms with E-state index >= 15 is 0 Å². The predicted octanol–water partition coefficient (Wildman–Crippen LogP) is 4.60. The monoisotopic (exact) mass is 362 g/mol. The molecule has 1 aromatic carbocycles. The van der Waals surface area contributed by atoms with Crippen LogP contribution in [0.1, 0.15) is 41.6 Å². The summed E-state index contributed by atoms with van der Waals surface area (Å²) in [7, 11) is 1.58. The third-order valence-corrected chi connectivity index (χ3v) is 5.36. The number of hydrogen-bond acceptors (Lipinski definition) is 5. The van der Waals surface area contributed by atoms with E-state index in [0.717, 1.165) is 33.2 Å². The number of nitriles is 1. The number of hydrogen-bond donors (Lipinski definition) is 1. The van der Waals surface area contributed by atoms with Gasteiger partial charge < -0.3 is 10.1 Å². The van der Waals surface area contributed by atoms with Gasteiger partial charge >= 0.3 is 0 Å². The summed E-state index contributed by atoms with van der Waals surface area (Å²) in [6, 6.07) is 7.49. The van der Waals surface area contributed by atoms with Crippen molar-refractivity contribution in [3.63, 3.8) is 0 Å². The maximum atomic E-state index is 9.18. The Morgan fingerprint density at radius 3 is 2.65 bits per heavy atom. The number of methoxy groups -OCH3 is 1. The summed E-state index contributed by atoms with van der Waals surface area (Å²) >= 11 is 1.57. The standard InChI is InChI=1S/C20H18N4OS/c1-11-10-26-20(23-11)17-12(2)24-13(3)19(22-4)18(17)15-7-6-14(9-21)8-16(15)25-5/h6-8,10,18,24H,1-3,5H3. The highest BCUT2D eigenvalue weighted by molar-refractivity contribution is 7.10. The molecule has 1 unspecified atom stereocenters. The first-order chi connectivity index (χ1) is 12.5. The Morgan fingerprint density at radius 1 is 1.31 bits per heavy atom. The molecule has 0 bridgehead atoms. The molecule has 3 rings (SSSR count). The number of allylic oxidation sites excluding steroid dienone is 3. The molecule has 2 heterocycles. The van der Waals surface area contributed by atoms with Crippen LogP contribution in [0, 0.1) is 24.8 Å². The lowest BCUT2D eigenvalue weighted by atomic mass is 9.83. The normalized spacial score (nSPS) is 16.8. The molecule has 5 nitrogen and oxygen atoms in total. The first kappa shape index (κ1) is 17.7. The van der Waals surface area contributed by atoms with Crippen LogP contribution >= 0.6 is 11.3 Å². The van der Waals surface area contributed by atoms with Crippen molar-refractivity contribution >= 4 is 16.9 Å². The van der Waals surface area contributed by atoms with Crippen molar-refractivity contribution < 1.29 is 4.74 Å². The fourth-order valence-electron chi connectivity index (χ4n) is 3.21. The van der Waals surface area contributed by atoms with Gasteiger partial charge in [-0.1, -0.05) is 6.07 Å². The topological polar surface area (TPSA) is 62.3 Å². The van der Waals surface area contributed by atoms with E-state index in [-0.39, 0.29) is 5.92 Å². The molecule has 0 fully saturated rings. The van der Waals surface area contributed by atoms with Gasteiger partial charge in [-0.05, 0) is 38.5 Å². The van der Waals surface area contributed by atoms with E-state index in [1.54, 1.807) is 30.6 Å². The van der Waals surface area contributed by atoms with Crippen LogP contribution in [0.3, 0.4) is 0 Å². The molecule has 0 spiro atoms. The number of aromatic nitrogens is 1. The summed E-state index contributed by atoms with van der Waals surface area (Å²) < 4.78 is 5.56. The Balaban J connectivity index is 2.27. The second-order valence-electron chi connectivity index (χ2n) is 6.08. The minimum atomic E-state index is -0.290. The second kappa shape index (κ2) is 7.03. The van der Waals surface area contributed by atoms with Crippen LogP contribution in [0.25, 0.3) is 10.4 Å². The first-order valence-corrected chi connectivity index (χ1v) is 8.94. The molecule has 1 aromatic heterocycles. The lowest BCUT2D eigenvalue weighted by molar-refractivity contribution is 0.409. The Kier molecular flexibility index (Phi) is 4.79. The van der Waals surface area contributed by atoms with Crippen molar-refractivity contribution in [1.82, 2.24) is 10.3 Å². The van der Waals surface area contributed by atoms with Crippen LogP contribution in [0.5, 0.6) is 5.75 Å². The van der Waals surface area contributed by atoms with E-state index < -0.39 is 0 Å². The second-order valence-corrected chi connectivity index (χ2v) is 6.94. The molecule has 1 N–H and O–H groups in total. The van der Waals surface area contributed by atoms with Gasteiger partial charge in [0.2, 0.25) is 0 Å². The molecule has 0 saturated heterocycles. The Bertz CT molecular complexity index is 1020. The fourth-order valence-corrected chi connectivity index (χ4v) is 4.14. The van der Waals surface area contributed by atoms with E-state index in [4.69, 9.17) is 11.3 Å². The van der Waals surface area contributed by atoms with Crippen molar-refractivity contribution in [2.24, 2.45) is 0 Å². The lowest BCUT2D eigenvalue weighted by Gasteiger charge is -2.29. The van der Waals surface area contributed by atoms with Gasteiger partial charge in [0.25, 0.3) is 0 Å². The van der Waals surface area contributed by atoms with Gasteiger partial charge in [0.1, 0.15) is 10.8 Å². The van der Waals surface area contributed by atoms with Gasteiger partial charge in [-0.25, -0.2) is 9.83 Å².